The number of allylic oxidation sites excluding steroid dienone is 1. The molecule has 4 heteroatoms. The van der Waals surface area contributed by atoms with Crippen LogP contribution in [0.15, 0.2) is 48.5 Å². The quantitative estimate of drug-likeness (QED) is 0.427. The molecule has 0 N–H and O–H groups in total. The largest absolute Gasteiger partial charge is 0.298 e. The van der Waals surface area contributed by atoms with Crippen molar-refractivity contribution in [2.24, 2.45) is 0 Å². The van der Waals surface area contributed by atoms with Gasteiger partial charge in [-0.25, -0.2) is 0 Å². The maximum atomic E-state index is 11.3. The lowest BCUT2D eigenvalue weighted by Gasteiger charge is -2.06. The van der Waals surface area contributed by atoms with Gasteiger partial charge in [0.05, 0.1) is 5.03 Å². The van der Waals surface area contributed by atoms with Gasteiger partial charge in [0.1, 0.15) is 0 Å². The molecular weight excluding hydrogens is 303 g/mol. The molecular formula is C15H9Cl3O. The van der Waals surface area contributed by atoms with Gasteiger partial charge < -0.3 is 0 Å². The molecule has 0 atom stereocenters. The first-order chi connectivity index (χ1) is 9.11. The highest BCUT2D eigenvalue weighted by atomic mass is 35.5. The van der Waals surface area contributed by atoms with Crippen LogP contribution in [0.2, 0.25) is 10.0 Å². The number of rotatable bonds is 3. The van der Waals surface area contributed by atoms with E-state index in [1.165, 1.54) is 0 Å². The van der Waals surface area contributed by atoms with Crippen molar-refractivity contribution in [3.8, 4) is 0 Å². The van der Waals surface area contributed by atoms with E-state index in [1.807, 2.05) is 0 Å². The van der Waals surface area contributed by atoms with Gasteiger partial charge in [0, 0.05) is 15.6 Å². The summed E-state index contributed by atoms with van der Waals surface area (Å²) in [6, 6.07) is 13.9. The van der Waals surface area contributed by atoms with Crippen molar-refractivity contribution in [3.05, 3.63) is 69.7 Å². The monoisotopic (exact) mass is 310 g/mol. The SMILES string of the molecule is O=C/C(=C(\Cl)c1ccc(Cl)cc1)c1ccc(Cl)cc1. The summed E-state index contributed by atoms with van der Waals surface area (Å²) < 4.78 is 0. The topological polar surface area (TPSA) is 17.1 Å². The van der Waals surface area contributed by atoms with Gasteiger partial charge in [-0.15, -0.1) is 0 Å². The molecule has 0 aromatic heterocycles. The standard InChI is InChI=1S/C15H9Cl3O/c16-12-5-1-10(2-6-12)14(9-19)15(18)11-3-7-13(17)8-4-11/h1-9H/b15-14+. The van der Waals surface area contributed by atoms with Crippen molar-refractivity contribution in [1.82, 2.24) is 0 Å². The lowest BCUT2D eigenvalue weighted by molar-refractivity contribution is -0.103. The maximum absolute atomic E-state index is 11.3. The second-order valence-electron chi connectivity index (χ2n) is 3.86. The predicted molar refractivity (Wildman–Crippen MR) is 81.6 cm³/mol. The first kappa shape index (κ1) is 14.1. The number of benzene rings is 2. The first-order valence-corrected chi connectivity index (χ1v) is 6.62. The van der Waals surface area contributed by atoms with E-state index in [4.69, 9.17) is 34.8 Å². The van der Waals surface area contributed by atoms with Crippen molar-refractivity contribution in [3.63, 3.8) is 0 Å². The molecule has 0 aliphatic carbocycles. The fourth-order valence-corrected chi connectivity index (χ4v) is 2.16. The summed E-state index contributed by atoms with van der Waals surface area (Å²) in [5.41, 5.74) is 1.88. The molecule has 0 heterocycles. The fourth-order valence-electron chi connectivity index (χ4n) is 1.63. The van der Waals surface area contributed by atoms with Crippen LogP contribution in [0.4, 0.5) is 0 Å². The Balaban J connectivity index is 2.49. The van der Waals surface area contributed by atoms with E-state index >= 15 is 0 Å². The summed E-state index contributed by atoms with van der Waals surface area (Å²) in [6.07, 6.45) is 0.736. The Hall–Kier alpha value is -1.28. The van der Waals surface area contributed by atoms with E-state index in [9.17, 15) is 4.79 Å². The zero-order valence-corrected chi connectivity index (χ0v) is 12.0. The Morgan fingerprint density at radius 1 is 0.789 bits per heavy atom. The van der Waals surface area contributed by atoms with Crippen LogP contribution in [0.5, 0.6) is 0 Å². The summed E-state index contributed by atoms with van der Waals surface area (Å²) in [7, 11) is 0. The number of hydrogen-bond acceptors (Lipinski definition) is 1. The predicted octanol–water partition coefficient (Wildman–Crippen LogP) is 5.30. The van der Waals surface area contributed by atoms with Crippen LogP contribution in [0.25, 0.3) is 10.6 Å². The molecule has 0 saturated carbocycles. The maximum Gasteiger partial charge on any atom is 0.152 e. The van der Waals surface area contributed by atoms with Crippen LogP contribution in [0, 0.1) is 0 Å². The molecule has 0 aliphatic heterocycles. The number of carbonyl (C=O) groups is 1. The number of halogens is 3. The Kier molecular flexibility index (Phi) is 4.65. The van der Waals surface area contributed by atoms with Crippen LogP contribution in [-0.4, -0.2) is 6.29 Å². The van der Waals surface area contributed by atoms with E-state index in [0.717, 1.165) is 17.4 Å². The Bertz CT molecular complexity index is 613. The van der Waals surface area contributed by atoms with Crippen LogP contribution in [0.1, 0.15) is 11.1 Å². The average molecular weight is 312 g/mol. The molecule has 0 amide bonds. The molecule has 0 bridgehead atoms. The molecule has 2 aromatic rings. The molecule has 0 radical (unpaired) electrons. The smallest absolute Gasteiger partial charge is 0.152 e. The van der Waals surface area contributed by atoms with Gasteiger partial charge in [0.25, 0.3) is 0 Å². The molecule has 2 aromatic carbocycles. The highest BCUT2D eigenvalue weighted by Crippen LogP contribution is 2.29. The molecule has 19 heavy (non-hydrogen) atoms. The highest BCUT2D eigenvalue weighted by molar-refractivity contribution is 6.55. The number of aldehydes is 1. The van der Waals surface area contributed by atoms with E-state index in [2.05, 4.69) is 0 Å². The first-order valence-electron chi connectivity index (χ1n) is 5.48. The van der Waals surface area contributed by atoms with Gasteiger partial charge in [-0.2, -0.15) is 0 Å². The van der Waals surface area contributed by atoms with Crippen molar-refractivity contribution >= 4 is 51.7 Å². The third kappa shape index (κ3) is 3.38. The second kappa shape index (κ2) is 6.25. The Morgan fingerprint density at radius 3 is 1.63 bits per heavy atom. The lowest BCUT2D eigenvalue weighted by Crippen LogP contribution is -1.89. The normalized spacial score (nSPS) is 11.9. The molecule has 0 saturated heterocycles. The number of hydrogen-bond donors (Lipinski definition) is 0. The molecule has 96 valence electrons. The molecule has 0 unspecified atom stereocenters. The van der Waals surface area contributed by atoms with E-state index in [-0.39, 0.29) is 0 Å². The average Bonchev–Trinajstić information content (AvgIpc) is 2.42. The summed E-state index contributed by atoms with van der Waals surface area (Å²) in [4.78, 5) is 11.3. The third-order valence-electron chi connectivity index (χ3n) is 2.61. The minimum Gasteiger partial charge on any atom is -0.298 e. The van der Waals surface area contributed by atoms with Gasteiger partial charge in [-0.1, -0.05) is 59.1 Å². The highest BCUT2D eigenvalue weighted by Gasteiger charge is 2.09. The minimum absolute atomic E-state index is 0.383. The van der Waals surface area contributed by atoms with E-state index in [0.29, 0.717) is 20.7 Å². The van der Waals surface area contributed by atoms with Crippen molar-refractivity contribution in [2.75, 3.05) is 0 Å². The van der Waals surface area contributed by atoms with Crippen LogP contribution in [-0.2, 0) is 4.79 Å². The fraction of sp³-hybridized carbons (Fsp3) is 0. The minimum atomic E-state index is 0.383. The van der Waals surface area contributed by atoms with Gasteiger partial charge in [-0.3, -0.25) is 4.79 Å². The van der Waals surface area contributed by atoms with Gasteiger partial charge >= 0.3 is 0 Å². The van der Waals surface area contributed by atoms with Crippen molar-refractivity contribution in [2.45, 2.75) is 0 Å². The van der Waals surface area contributed by atoms with E-state index in [1.54, 1.807) is 48.5 Å². The summed E-state index contributed by atoms with van der Waals surface area (Å²) >= 11 is 17.9. The number of carbonyl (C=O) groups excluding carboxylic acids is 1. The van der Waals surface area contributed by atoms with Gasteiger partial charge in [0.2, 0.25) is 0 Å². The van der Waals surface area contributed by atoms with Crippen LogP contribution >= 0.6 is 34.8 Å². The second-order valence-corrected chi connectivity index (χ2v) is 5.11. The van der Waals surface area contributed by atoms with Crippen molar-refractivity contribution in [1.29, 1.82) is 0 Å². The van der Waals surface area contributed by atoms with Gasteiger partial charge in [0.15, 0.2) is 6.29 Å². The van der Waals surface area contributed by atoms with Crippen LogP contribution < -0.4 is 0 Å². The molecule has 0 fully saturated rings. The third-order valence-corrected chi connectivity index (χ3v) is 3.53. The molecule has 1 nitrogen and oxygen atoms in total. The lowest BCUT2D eigenvalue weighted by atomic mass is 10.0. The Morgan fingerprint density at radius 2 is 1.21 bits per heavy atom. The van der Waals surface area contributed by atoms with Gasteiger partial charge in [-0.05, 0) is 35.4 Å². The van der Waals surface area contributed by atoms with Crippen molar-refractivity contribution < 1.29 is 4.79 Å². The van der Waals surface area contributed by atoms with E-state index < -0.39 is 0 Å². The summed E-state index contributed by atoms with van der Waals surface area (Å²) in [5.74, 6) is 0. The molecule has 0 spiro atoms. The Labute approximate surface area is 126 Å². The zero-order valence-electron chi connectivity index (χ0n) is 9.74. The molecule has 0 aliphatic rings. The zero-order chi connectivity index (χ0) is 13.8. The summed E-state index contributed by atoms with van der Waals surface area (Å²) in [5, 5.41) is 1.61. The summed E-state index contributed by atoms with van der Waals surface area (Å²) in [6.45, 7) is 0. The van der Waals surface area contributed by atoms with Crippen LogP contribution in [0.3, 0.4) is 0 Å². The molecule has 2 rings (SSSR count).